The summed E-state index contributed by atoms with van der Waals surface area (Å²) in [5.74, 6) is 0.232. The summed E-state index contributed by atoms with van der Waals surface area (Å²) in [6.07, 6.45) is 2.40. The molecule has 0 spiro atoms. The van der Waals surface area contributed by atoms with Gasteiger partial charge in [-0.3, -0.25) is 14.3 Å². The van der Waals surface area contributed by atoms with Gasteiger partial charge in [-0.15, -0.1) is 0 Å². The summed E-state index contributed by atoms with van der Waals surface area (Å²) < 4.78 is 1.88. The van der Waals surface area contributed by atoms with E-state index < -0.39 is 0 Å². The van der Waals surface area contributed by atoms with Crippen molar-refractivity contribution in [1.82, 2.24) is 19.4 Å². The first-order chi connectivity index (χ1) is 14.7. The van der Waals surface area contributed by atoms with Crippen LogP contribution in [0, 0.1) is 0 Å². The molecule has 156 valence electrons. The number of aromatic nitrogens is 2. The molecule has 0 bridgehead atoms. The number of carbonyl (C=O) groups excluding carboxylic acids is 1. The third-order valence-electron chi connectivity index (χ3n) is 6.80. The first-order valence-electron chi connectivity index (χ1n) is 10.9. The van der Waals surface area contributed by atoms with Gasteiger partial charge in [-0.25, -0.2) is 4.79 Å². The quantitative estimate of drug-likeness (QED) is 0.730. The van der Waals surface area contributed by atoms with Gasteiger partial charge in [-0.1, -0.05) is 43.3 Å². The van der Waals surface area contributed by atoms with Crippen molar-refractivity contribution in [3.8, 4) is 0 Å². The van der Waals surface area contributed by atoms with Gasteiger partial charge in [0.1, 0.15) is 0 Å². The van der Waals surface area contributed by atoms with Crippen LogP contribution in [-0.2, 0) is 17.8 Å². The molecule has 0 saturated carbocycles. The van der Waals surface area contributed by atoms with Crippen LogP contribution < -0.4 is 5.69 Å². The largest absolute Gasteiger partial charge is 0.341 e. The molecule has 1 unspecified atom stereocenters. The van der Waals surface area contributed by atoms with Gasteiger partial charge in [-0.05, 0) is 49.1 Å². The van der Waals surface area contributed by atoms with E-state index in [1.54, 1.807) is 0 Å². The van der Waals surface area contributed by atoms with Gasteiger partial charge in [0.15, 0.2) is 0 Å². The maximum absolute atomic E-state index is 13.4. The van der Waals surface area contributed by atoms with E-state index in [1.165, 1.54) is 11.1 Å². The Bertz CT molecular complexity index is 1120. The number of benzene rings is 2. The molecule has 30 heavy (non-hydrogen) atoms. The fraction of sp³-hybridized carbons (Fsp3) is 0.417. The highest BCUT2D eigenvalue weighted by Crippen LogP contribution is 2.28. The fourth-order valence-electron chi connectivity index (χ4n) is 5.14. The Balaban J connectivity index is 1.31. The Hall–Kier alpha value is -2.86. The molecule has 1 atom stereocenters. The number of piperidine rings is 1. The van der Waals surface area contributed by atoms with E-state index in [-0.39, 0.29) is 23.7 Å². The predicted molar refractivity (Wildman–Crippen MR) is 117 cm³/mol. The molecule has 0 aliphatic carbocycles. The first-order valence-corrected chi connectivity index (χ1v) is 10.9. The van der Waals surface area contributed by atoms with Crippen LogP contribution in [0.15, 0.2) is 53.3 Å². The number of hydrogen-bond donors (Lipinski definition) is 1. The minimum Gasteiger partial charge on any atom is -0.341 e. The van der Waals surface area contributed by atoms with Gasteiger partial charge in [0, 0.05) is 25.7 Å². The molecular weight excluding hydrogens is 376 g/mol. The van der Waals surface area contributed by atoms with Gasteiger partial charge in [0.2, 0.25) is 5.91 Å². The maximum atomic E-state index is 13.4. The van der Waals surface area contributed by atoms with E-state index in [0.717, 1.165) is 43.4 Å². The Morgan fingerprint density at radius 3 is 2.50 bits per heavy atom. The molecule has 1 fully saturated rings. The lowest BCUT2D eigenvalue weighted by Crippen LogP contribution is -2.53. The molecule has 0 radical (unpaired) electrons. The van der Waals surface area contributed by atoms with Crippen LogP contribution in [0.4, 0.5) is 0 Å². The average Bonchev–Trinajstić information content (AvgIpc) is 3.13. The summed E-state index contributed by atoms with van der Waals surface area (Å²) in [6.45, 7) is 5.23. The molecule has 1 aromatic heterocycles. The standard InChI is InChI=1S/C24H28N4O2/c1-2-26-16-18-8-4-3-7-17(18)15-22(26)23(29)27-13-11-19(12-14-27)28-21-10-6-5-9-20(21)25-24(28)30/h3-10,19,22H,2,11-16H2,1H3,(H,25,30). The third-order valence-corrected chi connectivity index (χ3v) is 6.80. The number of amides is 1. The fourth-order valence-corrected chi connectivity index (χ4v) is 5.14. The normalized spacial score (nSPS) is 20.4. The number of imidazole rings is 1. The molecule has 6 nitrogen and oxygen atoms in total. The zero-order chi connectivity index (χ0) is 20.7. The minimum absolute atomic E-state index is 0.0537. The molecule has 1 N–H and O–H groups in total. The van der Waals surface area contributed by atoms with Crippen molar-refractivity contribution < 1.29 is 4.79 Å². The Morgan fingerprint density at radius 1 is 1.03 bits per heavy atom. The van der Waals surface area contributed by atoms with Crippen molar-refractivity contribution >= 4 is 16.9 Å². The van der Waals surface area contributed by atoms with Crippen LogP contribution in [0.2, 0.25) is 0 Å². The monoisotopic (exact) mass is 404 g/mol. The number of rotatable bonds is 3. The van der Waals surface area contributed by atoms with Gasteiger partial charge in [0.25, 0.3) is 0 Å². The molecule has 1 amide bonds. The smallest absolute Gasteiger partial charge is 0.326 e. The SMILES string of the molecule is CCN1Cc2ccccc2CC1C(=O)N1CCC(n2c(=O)[nH]c3ccccc32)CC1. The number of aromatic amines is 1. The molecule has 3 heterocycles. The number of H-pyrrole nitrogens is 1. The summed E-state index contributed by atoms with van der Waals surface area (Å²) >= 11 is 0. The molecule has 3 aromatic rings. The van der Waals surface area contributed by atoms with Crippen molar-refractivity contribution in [2.24, 2.45) is 0 Å². The van der Waals surface area contributed by atoms with E-state index in [4.69, 9.17) is 0 Å². The van der Waals surface area contributed by atoms with Gasteiger partial charge >= 0.3 is 5.69 Å². The van der Waals surface area contributed by atoms with Gasteiger partial charge in [-0.2, -0.15) is 0 Å². The number of carbonyl (C=O) groups is 1. The molecule has 5 rings (SSSR count). The van der Waals surface area contributed by atoms with Crippen molar-refractivity contribution in [2.75, 3.05) is 19.6 Å². The lowest BCUT2D eigenvalue weighted by molar-refractivity contribution is -0.139. The second-order valence-corrected chi connectivity index (χ2v) is 8.43. The molecule has 2 aliphatic rings. The van der Waals surface area contributed by atoms with E-state index in [9.17, 15) is 9.59 Å². The van der Waals surface area contributed by atoms with Gasteiger partial charge in [0.05, 0.1) is 17.1 Å². The first kappa shape index (κ1) is 19.1. The van der Waals surface area contributed by atoms with Crippen molar-refractivity contribution in [1.29, 1.82) is 0 Å². The lowest BCUT2D eigenvalue weighted by Gasteiger charge is -2.40. The number of nitrogens with zero attached hydrogens (tertiary/aromatic N) is 3. The minimum atomic E-state index is -0.0859. The Morgan fingerprint density at radius 2 is 1.73 bits per heavy atom. The molecular formula is C24H28N4O2. The van der Waals surface area contributed by atoms with E-state index in [2.05, 4.69) is 41.1 Å². The number of likely N-dealkylation sites (N-methyl/N-ethyl adjacent to an activating group) is 1. The van der Waals surface area contributed by atoms with Crippen LogP contribution in [0.5, 0.6) is 0 Å². The zero-order valence-corrected chi connectivity index (χ0v) is 17.4. The van der Waals surface area contributed by atoms with Crippen LogP contribution in [0.1, 0.15) is 36.9 Å². The highest BCUT2D eigenvalue weighted by molar-refractivity contribution is 5.83. The molecule has 2 aliphatic heterocycles. The predicted octanol–water partition coefficient (Wildman–Crippen LogP) is 2.94. The summed E-state index contributed by atoms with van der Waals surface area (Å²) in [4.78, 5) is 33.2. The van der Waals surface area contributed by atoms with E-state index >= 15 is 0 Å². The van der Waals surface area contributed by atoms with Crippen LogP contribution in [0.25, 0.3) is 11.0 Å². The Kier molecular flexibility index (Phi) is 4.95. The second-order valence-electron chi connectivity index (χ2n) is 8.43. The van der Waals surface area contributed by atoms with Crippen molar-refractivity contribution in [3.05, 3.63) is 70.1 Å². The second kappa shape index (κ2) is 7.76. The average molecular weight is 405 g/mol. The molecule has 6 heteroatoms. The van der Waals surface area contributed by atoms with Crippen LogP contribution in [-0.4, -0.2) is 50.9 Å². The third kappa shape index (κ3) is 3.25. The van der Waals surface area contributed by atoms with Crippen LogP contribution >= 0.6 is 0 Å². The lowest BCUT2D eigenvalue weighted by atomic mass is 9.92. The van der Waals surface area contributed by atoms with E-state index in [1.807, 2.05) is 33.7 Å². The highest BCUT2D eigenvalue weighted by Gasteiger charge is 2.35. The Labute approximate surface area is 176 Å². The van der Waals surface area contributed by atoms with Crippen molar-refractivity contribution in [2.45, 2.75) is 44.8 Å². The van der Waals surface area contributed by atoms with Crippen molar-refractivity contribution in [3.63, 3.8) is 0 Å². The summed E-state index contributed by atoms with van der Waals surface area (Å²) in [7, 11) is 0. The number of hydrogen-bond acceptors (Lipinski definition) is 3. The zero-order valence-electron chi connectivity index (χ0n) is 17.4. The van der Waals surface area contributed by atoms with Gasteiger partial charge < -0.3 is 9.88 Å². The summed E-state index contributed by atoms with van der Waals surface area (Å²) in [5.41, 5.74) is 4.40. The topological polar surface area (TPSA) is 61.3 Å². The number of fused-ring (bicyclic) bond motifs is 2. The molecule has 2 aromatic carbocycles. The van der Waals surface area contributed by atoms with E-state index in [0.29, 0.717) is 13.1 Å². The van der Waals surface area contributed by atoms with Crippen LogP contribution in [0.3, 0.4) is 0 Å². The summed E-state index contributed by atoms with van der Waals surface area (Å²) in [5, 5.41) is 0. The summed E-state index contributed by atoms with van der Waals surface area (Å²) in [6, 6.07) is 16.3. The maximum Gasteiger partial charge on any atom is 0.326 e. The molecule has 1 saturated heterocycles. The number of nitrogens with one attached hydrogen (secondary N) is 1. The number of likely N-dealkylation sites (tertiary alicyclic amines) is 1. The highest BCUT2D eigenvalue weighted by atomic mass is 16.2. The number of para-hydroxylation sites is 2.